The second kappa shape index (κ2) is 7.77. The first-order chi connectivity index (χ1) is 12.4. The van der Waals surface area contributed by atoms with Gasteiger partial charge in [-0.3, -0.25) is 4.72 Å². The minimum absolute atomic E-state index is 0.0867. The molecule has 0 fully saturated rings. The summed E-state index contributed by atoms with van der Waals surface area (Å²) in [6.07, 6.45) is 0. The van der Waals surface area contributed by atoms with E-state index in [-0.39, 0.29) is 4.90 Å². The summed E-state index contributed by atoms with van der Waals surface area (Å²) in [6.45, 7) is 4.12. The molecule has 3 rings (SSSR count). The Morgan fingerprint density at radius 2 is 2.04 bits per heavy atom. The maximum Gasteiger partial charge on any atom is 0.265 e. The Labute approximate surface area is 165 Å². The van der Waals surface area contributed by atoms with Crippen molar-refractivity contribution >= 4 is 43.0 Å². The van der Waals surface area contributed by atoms with E-state index in [2.05, 4.69) is 25.6 Å². The zero-order chi connectivity index (χ0) is 18.7. The SMILES string of the molecule is CCOc1ccc(Br)cc1S(=O)(=O)Nc1cccc(-c2csc(C)n2)c1. The lowest BCUT2D eigenvalue weighted by atomic mass is 10.1. The fourth-order valence-electron chi connectivity index (χ4n) is 2.41. The quantitative estimate of drug-likeness (QED) is 0.565. The fraction of sp³-hybridized carbons (Fsp3) is 0.167. The third-order valence-electron chi connectivity index (χ3n) is 3.52. The molecule has 2 aromatic carbocycles. The lowest BCUT2D eigenvalue weighted by molar-refractivity contribution is 0.331. The number of hydrogen-bond donors (Lipinski definition) is 1. The van der Waals surface area contributed by atoms with E-state index in [1.165, 1.54) is 6.07 Å². The Bertz CT molecular complexity index is 1030. The summed E-state index contributed by atoms with van der Waals surface area (Å²) in [4.78, 5) is 4.53. The van der Waals surface area contributed by atoms with Gasteiger partial charge in [-0.15, -0.1) is 11.3 Å². The van der Waals surface area contributed by atoms with Gasteiger partial charge in [-0.1, -0.05) is 28.1 Å². The lowest BCUT2D eigenvalue weighted by Crippen LogP contribution is -2.14. The number of nitrogens with one attached hydrogen (secondary N) is 1. The number of aryl methyl sites for hydroxylation is 1. The third-order valence-corrected chi connectivity index (χ3v) is 6.19. The smallest absolute Gasteiger partial charge is 0.265 e. The summed E-state index contributed by atoms with van der Waals surface area (Å²) < 4.78 is 34.5. The predicted octanol–water partition coefficient (Wildman–Crippen LogP) is 5.08. The zero-order valence-corrected chi connectivity index (χ0v) is 17.4. The minimum atomic E-state index is -3.81. The Morgan fingerprint density at radius 1 is 1.23 bits per heavy atom. The van der Waals surface area contributed by atoms with Crippen LogP contribution in [0.15, 0.2) is 57.2 Å². The van der Waals surface area contributed by atoms with Gasteiger partial charge in [0.05, 0.1) is 17.3 Å². The molecule has 0 saturated carbocycles. The first kappa shape index (κ1) is 18.9. The number of nitrogens with zero attached hydrogens (tertiary/aromatic N) is 1. The van der Waals surface area contributed by atoms with Gasteiger partial charge in [-0.25, -0.2) is 13.4 Å². The van der Waals surface area contributed by atoms with E-state index in [4.69, 9.17) is 4.74 Å². The van der Waals surface area contributed by atoms with Crippen LogP contribution in [0.3, 0.4) is 0 Å². The van der Waals surface area contributed by atoms with E-state index in [1.807, 2.05) is 25.3 Å². The van der Waals surface area contributed by atoms with Crippen LogP contribution in [0.1, 0.15) is 11.9 Å². The van der Waals surface area contributed by atoms with Gasteiger partial charge in [0.25, 0.3) is 10.0 Å². The van der Waals surface area contributed by atoms with E-state index >= 15 is 0 Å². The third kappa shape index (κ3) is 4.25. The molecule has 8 heteroatoms. The summed E-state index contributed by atoms with van der Waals surface area (Å²) >= 11 is 4.87. The second-order valence-electron chi connectivity index (χ2n) is 5.46. The van der Waals surface area contributed by atoms with Crippen molar-refractivity contribution in [1.29, 1.82) is 0 Å². The molecule has 1 N–H and O–H groups in total. The molecule has 0 aliphatic heterocycles. The van der Waals surface area contributed by atoms with E-state index < -0.39 is 10.0 Å². The van der Waals surface area contributed by atoms with E-state index in [0.717, 1.165) is 16.3 Å². The Morgan fingerprint density at radius 3 is 2.73 bits per heavy atom. The van der Waals surface area contributed by atoms with Crippen molar-refractivity contribution in [2.24, 2.45) is 0 Å². The zero-order valence-electron chi connectivity index (χ0n) is 14.2. The maximum atomic E-state index is 12.9. The highest BCUT2D eigenvalue weighted by atomic mass is 79.9. The molecule has 0 aliphatic rings. The summed E-state index contributed by atoms with van der Waals surface area (Å²) in [6, 6.07) is 12.1. The number of thiazole rings is 1. The van der Waals surface area contributed by atoms with Gasteiger partial charge in [0.2, 0.25) is 0 Å². The number of anilines is 1. The van der Waals surface area contributed by atoms with Crippen LogP contribution in [-0.4, -0.2) is 20.0 Å². The number of benzene rings is 2. The molecule has 3 aromatic rings. The van der Waals surface area contributed by atoms with Crippen molar-refractivity contribution in [2.45, 2.75) is 18.7 Å². The van der Waals surface area contributed by atoms with E-state index in [0.29, 0.717) is 22.5 Å². The Balaban J connectivity index is 1.94. The Kier molecular flexibility index (Phi) is 5.64. The van der Waals surface area contributed by atoms with Crippen LogP contribution in [0.4, 0.5) is 5.69 Å². The van der Waals surface area contributed by atoms with Gasteiger partial charge < -0.3 is 4.74 Å². The first-order valence-corrected chi connectivity index (χ1v) is 11.0. The fourth-order valence-corrected chi connectivity index (χ4v) is 4.77. The van der Waals surface area contributed by atoms with Crippen molar-refractivity contribution in [3.05, 3.63) is 57.3 Å². The number of halogens is 1. The summed E-state index contributed by atoms with van der Waals surface area (Å²) in [5.74, 6) is 0.314. The van der Waals surface area contributed by atoms with Crippen LogP contribution in [0.5, 0.6) is 5.75 Å². The highest BCUT2D eigenvalue weighted by molar-refractivity contribution is 9.10. The van der Waals surface area contributed by atoms with Crippen LogP contribution in [0, 0.1) is 6.92 Å². The second-order valence-corrected chi connectivity index (χ2v) is 9.09. The monoisotopic (exact) mass is 452 g/mol. The first-order valence-electron chi connectivity index (χ1n) is 7.87. The number of ether oxygens (including phenoxy) is 1. The van der Waals surface area contributed by atoms with Crippen molar-refractivity contribution < 1.29 is 13.2 Å². The number of rotatable bonds is 6. The largest absolute Gasteiger partial charge is 0.492 e. The molecule has 26 heavy (non-hydrogen) atoms. The Hall–Kier alpha value is -1.90. The van der Waals surface area contributed by atoms with E-state index in [9.17, 15) is 8.42 Å². The molecule has 0 bridgehead atoms. The van der Waals surface area contributed by atoms with Gasteiger partial charge >= 0.3 is 0 Å². The van der Waals surface area contributed by atoms with Crippen LogP contribution in [0.25, 0.3) is 11.3 Å². The highest BCUT2D eigenvalue weighted by Gasteiger charge is 2.20. The normalized spacial score (nSPS) is 11.3. The average Bonchev–Trinajstić information content (AvgIpc) is 3.03. The number of aromatic nitrogens is 1. The molecule has 136 valence electrons. The highest BCUT2D eigenvalue weighted by Crippen LogP contribution is 2.30. The van der Waals surface area contributed by atoms with Gasteiger partial charge in [0, 0.05) is 21.1 Å². The maximum absolute atomic E-state index is 12.9. The van der Waals surface area contributed by atoms with Crippen LogP contribution in [0.2, 0.25) is 0 Å². The van der Waals surface area contributed by atoms with Crippen molar-refractivity contribution in [2.75, 3.05) is 11.3 Å². The van der Waals surface area contributed by atoms with Crippen molar-refractivity contribution in [1.82, 2.24) is 4.98 Å². The van der Waals surface area contributed by atoms with Gasteiger partial charge in [0.1, 0.15) is 10.6 Å². The van der Waals surface area contributed by atoms with Crippen LogP contribution in [-0.2, 0) is 10.0 Å². The molecular weight excluding hydrogens is 436 g/mol. The summed E-state index contributed by atoms with van der Waals surface area (Å²) in [7, 11) is -3.81. The molecule has 0 saturated heterocycles. The molecule has 0 spiro atoms. The molecule has 0 radical (unpaired) electrons. The summed E-state index contributed by atoms with van der Waals surface area (Å²) in [5.41, 5.74) is 2.15. The molecule has 0 amide bonds. The van der Waals surface area contributed by atoms with Gasteiger partial charge in [0.15, 0.2) is 0 Å². The van der Waals surface area contributed by atoms with E-state index in [1.54, 1.807) is 41.7 Å². The van der Waals surface area contributed by atoms with Crippen LogP contribution >= 0.6 is 27.3 Å². The summed E-state index contributed by atoms with van der Waals surface area (Å²) in [5, 5.41) is 2.91. The molecule has 1 heterocycles. The molecular formula is C18H17BrN2O3S2. The van der Waals surface area contributed by atoms with Gasteiger partial charge in [-0.2, -0.15) is 0 Å². The predicted molar refractivity (Wildman–Crippen MR) is 108 cm³/mol. The van der Waals surface area contributed by atoms with Gasteiger partial charge in [-0.05, 0) is 44.2 Å². The topological polar surface area (TPSA) is 68.3 Å². The molecule has 1 aromatic heterocycles. The van der Waals surface area contributed by atoms with Crippen molar-refractivity contribution in [3.8, 4) is 17.0 Å². The average molecular weight is 453 g/mol. The minimum Gasteiger partial charge on any atom is -0.492 e. The standard InChI is InChI=1S/C18H17BrN2O3S2/c1-3-24-17-8-7-14(19)10-18(17)26(22,23)21-15-6-4-5-13(9-15)16-11-25-12(2)20-16/h4-11,21H,3H2,1-2H3. The molecule has 0 aliphatic carbocycles. The van der Waals surface area contributed by atoms with Crippen LogP contribution < -0.4 is 9.46 Å². The molecule has 0 atom stereocenters. The number of sulfonamides is 1. The lowest BCUT2D eigenvalue weighted by Gasteiger charge is -2.13. The number of hydrogen-bond acceptors (Lipinski definition) is 5. The van der Waals surface area contributed by atoms with Crippen molar-refractivity contribution in [3.63, 3.8) is 0 Å². The molecule has 0 unspecified atom stereocenters. The molecule has 5 nitrogen and oxygen atoms in total.